The number of thiazole rings is 1. The van der Waals surface area contributed by atoms with E-state index >= 15 is 0 Å². The fourth-order valence-corrected chi connectivity index (χ4v) is 4.18. The summed E-state index contributed by atoms with van der Waals surface area (Å²) < 4.78 is 9.50. The summed E-state index contributed by atoms with van der Waals surface area (Å²) in [6.07, 6.45) is 1.83. The predicted molar refractivity (Wildman–Crippen MR) is 89.0 cm³/mol. The van der Waals surface area contributed by atoms with Crippen LogP contribution < -0.4 is 9.80 Å². The van der Waals surface area contributed by atoms with Crippen LogP contribution in [0.15, 0.2) is 24.4 Å². The lowest BCUT2D eigenvalue weighted by Crippen LogP contribution is -2.46. The van der Waals surface area contributed by atoms with Gasteiger partial charge in [-0.1, -0.05) is 22.9 Å². The van der Waals surface area contributed by atoms with Gasteiger partial charge in [0.2, 0.25) is 0 Å². The molecule has 0 atom stereocenters. The summed E-state index contributed by atoms with van der Waals surface area (Å²) in [6, 6.07) is 5.85. The molecule has 1 aliphatic heterocycles. The maximum atomic E-state index is 6.04. The fraction of sp³-hybridized carbons (Fsp3) is 0.308. The molecule has 0 spiro atoms. The summed E-state index contributed by atoms with van der Waals surface area (Å²) >= 11 is 9.00. The summed E-state index contributed by atoms with van der Waals surface area (Å²) in [5.41, 5.74) is 1.02. The largest absolute Gasteiger partial charge is 0.351 e. The van der Waals surface area contributed by atoms with Crippen molar-refractivity contribution in [2.75, 3.05) is 36.0 Å². The number of hydrogen-bond donors (Lipinski definition) is 0. The second-order valence-electron chi connectivity index (χ2n) is 4.85. The van der Waals surface area contributed by atoms with Crippen molar-refractivity contribution in [2.24, 2.45) is 0 Å². The Kier molecular flexibility index (Phi) is 3.40. The Bertz CT molecular complexity index is 749. The molecule has 5 nitrogen and oxygen atoms in total. The van der Waals surface area contributed by atoms with Crippen molar-refractivity contribution in [3.05, 3.63) is 29.4 Å². The van der Waals surface area contributed by atoms with Gasteiger partial charge in [0.25, 0.3) is 0 Å². The Morgan fingerprint density at radius 3 is 2.67 bits per heavy atom. The van der Waals surface area contributed by atoms with Gasteiger partial charge in [0.05, 0.1) is 28.1 Å². The average Bonchev–Trinajstić information content (AvgIpc) is 3.16. The topological polar surface area (TPSA) is 45.2 Å². The van der Waals surface area contributed by atoms with Crippen LogP contribution in [0.25, 0.3) is 10.2 Å². The lowest BCUT2D eigenvalue weighted by Gasteiger charge is -2.34. The van der Waals surface area contributed by atoms with Gasteiger partial charge in [-0.25, -0.2) is 4.98 Å². The van der Waals surface area contributed by atoms with E-state index in [1.165, 1.54) is 11.7 Å². The molecule has 0 saturated carbocycles. The van der Waals surface area contributed by atoms with Gasteiger partial charge >= 0.3 is 0 Å². The van der Waals surface area contributed by atoms with Crippen LogP contribution in [0, 0.1) is 0 Å². The molecule has 0 aliphatic carbocycles. The van der Waals surface area contributed by atoms with E-state index in [4.69, 9.17) is 16.6 Å². The van der Waals surface area contributed by atoms with E-state index in [1.807, 2.05) is 24.4 Å². The minimum Gasteiger partial charge on any atom is -0.351 e. The Labute approximate surface area is 135 Å². The number of rotatable bonds is 2. The number of piperazine rings is 1. The number of hydrogen-bond acceptors (Lipinski definition) is 7. The van der Waals surface area contributed by atoms with Gasteiger partial charge in [-0.15, -0.1) is 0 Å². The van der Waals surface area contributed by atoms with Crippen LogP contribution in [0.5, 0.6) is 0 Å². The third-order valence-electron chi connectivity index (χ3n) is 3.56. The van der Waals surface area contributed by atoms with Crippen LogP contribution in [0.3, 0.4) is 0 Å². The third-order valence-corrected chi connectivity index (χ3v) is 5.35. The minimum atomic E-state index is 0.763. The predicted octanol–water partition coefficient (Wildman–Crippen LogP) is 3.13. The van der Waals surface area contributed by atoms with Gasteiger partial charge in [0, 0.05) is 31.2 Å². The first-order chi connectivity index (χ1) is 10.3. The zero-order valence-corrected chi connectivity index (χ0v) is 13.5. The number of anilines is 2. The van der Waals surface area contributed by atoms with E-state index in [0.29, 0.717) is 0 Å². The lowest BCUT2D eigenvalue weighted by molar-refractivity contribution is 0.648. The highest BCUT2D eigenvalue weighted by Gasteiger charge is 2.21. The van der Waals surface area contributed by atoms with Crippen LogP contribution in [0.1, 0.15) is 0 Å². The van der Waals surface area contributed by atoms with Crippen LogP contribution in [0.2, 0.25) is 5.02 Å². The van der Waals surface area contributed by atoms with Crippen LogP contribution in [-0.2, 0) is 0 Å². The highest BCUT2D eigenvalue weighted by Crippen LogP contribution is 2.31. The molecule has 0 N–H and O–H groups in total. The number of nitrogens with zero attached hydrogens (tertiary/aromatic N) is 5. The summed E-state index contributed by atoms with van der Waals surface area (Å²) in [7, 11) is 0. The maximum absolute atomic E-state index is 6.04. The molecule has 0 radical (unpaired) electrons. The van der Waals surface area contributed by atoms with Gasteiger partial charge in [-0.2, -0.15) is 8.75 Å². The Balaban J connectivity index is 1.52. The quantitative estimate of drug-likeness (QED) is 0.719. The molecule has 1 saturated heterocycles. The lowest BCUT2D eigenvalue weighted by atomic mass is 10.3. The molecule has 4 rings (SSSR count). The maximum Gasteiger partial charge on any atom is 0.186 e. The van der Waals surface area contributed by atoms with Crippen molar-refractivity contribution in [1.82, 2.24) is 13.7 Å². The third kappa shape index (κ3) is 2.56. The summed E-state index contributed by atoms with van der Waals surface area (Å²) in [6.45, 7) is 3.79. The van der Waals surface area contributed by atoms with E-state index in [2.05, 4.69) is 18.5 Å². The Hall–Kier alpha value is -1.44. The van der Waals surface area contributed by atoms with Crippen molar-refractivity contribution in [3.63, 3.8) is 0 Å². The first-order valence-electron chi connectivity index (χ1n) is 6.63. The summed E-state index contributed by atoms with van der Waals surface area (Å²) in [4.78, 5) is 9.30. The molecule has 3 heterocycles. The molecule has 1 aliphatic rings. The zero-order valence-electron chi connectivity index (χ0n) is 11.1. The SMILES string of the molecule is Clc1ccc2nc(N3CCN(c4cnsn4)CC3)sc2c1. The van der Waals surface area contributed by atoms with Gasteiger partial charge in [0.1, 0.15) is 0 Å². The van der Waals surface area contributed by atoms with E-state index in [0.717, 1.165) is 52.4 Å². The molecule has 8 heteroatoms. The summed E-state index contributed by atoms with van der Waals surface area (Å²) in [5.74, 6) is 0.982. The van der Waals surface area contributed by atoms with E-state index in [-0.39, 0.29) is 0 Å². The molecule has 0 unspecified atom stereocenters. The molecular weight excluding hydrogens is 326 g/mol. The first-order valence-corrected chi connectivity index (χ1v) is 8.55. The minimum absolute atomic E-state index is 0.763. The molecular formula is C13H12ClN5S2. The zero-order chi connectivity index (χ0) is 14.2. The standard InChI is InChI=1S/C13H12ClN5S2/c14-9-1-2-10-11(7-9)20-13(16-10)19-5-3-18(4-6-19)12-8-15-21-17-12/h1-2,7-8H,3-6H2. The molecule has 108 valence electrons. The molecule has 1 fully saturated rings. The van der Waals surface area contributed by atoms with Crippen molar-refractivity contribution < 1.29 is 0 Å². The number of benzene rings is 1. The number of aromatic nitrogens is 3. The highest BCUT2D eigenvalue weighted by atomic mass is 35.5. The smallest absolute Gasteiger partial charge is 0.186 e. The molecule has 0 bridgehead atoms. The van der Waals surface area contributed by atoms with Crippen LogP contribution in [-0.4, -0.2) is 39.9 Å². The second-order valence-corrected chi connectivity index (χ2v) is 6.85. The first kappa shape index (κ1) is 13.2. The molecule has 1 aromatic carbocycles. The van der Waals surface area contributed by atoms with Gasteiger partial charge in [0.15, 0.2) is 10.9 Å². The van der Waals surface area contributed by atoms with Gasteiger partial charge in [-0.3, -0.25) is 0 Å². The van der Waals surface area contributed by atoms with E-state index < -0.39 is 0 Å². The molecule has 0 amide bonds. The van der Waals surface area contributed by atoms with Crippen molar-refractivity contribution >= 4 is 55.8 Å². The van der Waals surface area contributed by atoms with Crippen LogP contribution >= 0.6 is 34.7 Å². The van der Waals surface area contributed by atoms with Crippen molar-refractivity contribution in [1.29, 1.82) is 0 Å². The van der Waals surface area contributed by atoms with Crippen LogP contribution in [0.4, 0.5) is 10.9 Å². The monoisotopic (exact) mass is 337 g/mol. The Morgan fingerprint density at radius 2 is 1.90 bits per heavy atom. The summed E-state index contributed by atoms with van der Waals surface area (Å²) in [5, 5.41) is 1.84. The fourth-order valence-electron chi connectivity index (χ4n) is 2.45. The number of fused-ring (bicyclic) bond motifs is 1. The van der Waals surface area contributed by atoms with Gasteiger partial charge < -0.3 is 9.80 Å². The van der Waals surface area contributed by atoms with E-state index in [9.17, 15) is 0 Å². The van der Waals surface area contributed by atoms with E-state index in [1.54, 1.807) is 11.3 Å². The molecule has 21 heavy (non-hydrogen) atoms. The second kappa shape index (κ2) is 5.40. The Morgan fingerprint density at radius 1 is 1.10 bits per heavy atom. The molecule has 3 aromatic rings. The highest BCUT2D eigenvalue weighted by molar-refractivity contribution is 7.22. The van der Waals surface area contributed by atoms with Gasteiger partial charge in [-0.05, 0) is 18.2 Å². The van der Waals surface area contributed by atoms with Crippen molar-refractivity contribution in [3.8, 4) is 0 Å². The molecule has 2 aromatic heterocycles. The normalized spacial score (nSPS) is 15.9. The average molecular weight is 338 g/mol. The number of halogens is 1. The van der Waals surface area contributed by atoms with Crippen molar-refractivity contribution in [2.45, 2.75) is 0 Å².